The maximum Gasteiger partial charge on any atom is 1.00 e. The molecule has 26 heteroatoms. The summed E-state index contributed by atoms with van der Waals surface area (Å²) in [5, 5.41) is 3.10. The number of carbonyl (C=O) groups excluding carboxylic acids is 1. The Bertz CT molecular complexity index is 3310. The van der Waals surface area contributed by atoms with Crippen molar-refractivity contribution in [1.82, 2.24) is 0 Å². The van der Waals surface area contributed by atoms with Gasteiger partial charge in [-0.2, -0.15) is 36.4 Å². The summed E-state index contributed by atoms with van der Waals surface area (Å²) in [6.07, 6.45) is 24.9. The molecule has 432 valence electrons. The Balaban J connectivity index is 0. The van der Waals surface area contributed by atoms with Crippen LogP contribution in [0.5, 0.6) is 0 Å². The summed E-state index contributed by atoms with van der Waals surface area (Å²) < 4.78 is 125. The Morgan fingerprint density at radius 1 is 0.607 bits per heavy atom. The fourth-order valence-corrected chi connectivity index (χ4v) is 10.5. The number of ether oxygens (including phenoxy) is 1. The summed E-state index contributed by atoms with van der Waals surface area (Å²) in [5.41, 5.74) is 10.3. The first kappa shape index (κ1) is 85.8. The van der Waals surface area contributed by atoms with Crippen molar-refractivity contribution < 1.29 is 275 Å². The standard InChI is InChI=1S/C25H31NO3S.C20H29NO5S.C13H12N2.4K.2O3S/c1-21-25(2,18-10-11-20-30(27,28)29)23-16-8-9-17-24(23)26(21)19-12-15-22-13-6-4-3-5-7-14-22;1-17-20(2,12-6-9-15-27(23,24)25)18-10-4-5-11-19(18)21(17)13-7-3-8-14-26-16-22;1-3-7-12(8-4-1)14-11-15-13-9-5-2-6-10-13;;;;;2*1-4(2)3/h3-7,9,13-14,16-17H,10-12,15,18-20H2,1-2H3,(H,27,28,29);5,10-11,16H,3,6-9,12-15H2,1-2H3,(H,23,24,25);1-11H,(H,14,15);;;;;;/q;;;4*+1;;/p-2/b4-3-,5-3?,6-4?,7-5-,13-6?,14-7?,22-13?,22-14?;;;;;;;;. The molecule has 1 aliphatic carbocycles. The largest absolute Gasteiger partial charge is 1.00 e. The van der Waals surface area contributed by atoms with Crippen molar-refractivity contribution in [2.24, 2.45) is 4.99 Å². The number of hydrogen-bond donors (Lipinski definition) is 1. The van der Waals surface area contributed by atoms with Gasteiger partial charge < -0.3 is 19.2 Å². The van der Waals surface area contributed by atoms with Crippen molar-refractivity contribution in [3.63, 3.8) is 0 Å². The number of nitrogens with one attached hydrogen (secondary N) is 1. The number of aliphatic imine (C=N–C) groups is 1. The van der Waals surface area contributed by atoms with Crippen LogP contribution in [0.4, 0.5) is 22.7 Å². The van der Waals surface area contributed by atoms with Crippen LogP contribution in [0.3, 0.4) is 0 Å². The Morgan fingerprint density at radius 3 is 1.54 bits per heavy atom. The van der Waals surface area contributed by atoms with Gasteiger partial charge in [-0.25, -0.2) is 31.0 Å². The fourth-order valence-electron chi connectivity index (χ4n) is 9.39. The maximum atomic E-state index is 10.9. The molecule has 18 nitrogen and oxygen atoms in total. The molecule has 3 aliphatic rings. The Kier molecular flexibility index (Phi) is 47.7. The van der Waals surface area contributed by atoms with Gasteiger partial charge in [-0.15, -0.1) is 37.4 Å². The molecule has 0 fully saturated rings. The second-order valence-corrected chi connectivity index (χ2v) is 22.8. The monoisotopic (exact) mass is 1330 g/mol. The normalized spacial score (nSPS) is 16.8. The van der Waals surface area contributed by atoms with Gasteiger partial charge in [-0.1, -0.05) is 117 Å². The van der Waals surface area contributed by atoms with Gasteiger partial charge in [0.2, 0.25) is 0 Å². The van der Waals surface area contributed by atoms with Gasteiger partial charge in [0.1, 0.15) is 24.5 Å². The van der Waals surface area contributed by atoms with E-state index in [1.165, 1.54) is 39.5 Å². The van der Waals surface area contributed by atoms with Gasteiger partial charge in [-0.3, -0.25) is 4.79 Å². The van der Waals surface area contributed by atoms with Crippen LogP contribution in [0.25, 0.3) is 0 Å². The summed E-state index contributed by atoms with van der Waals surface area (Å²) >= 11 is 0. The Hall–Kier alpha value is -0.275. The van der Waals surface area contributed by atoms with Crippen molar-refractivity contribution in [2.45, 2.75) is 109 Å². The van der Waals surface area contributed by atoms with Gasteiger partial charge in [0.15, 0.2) is 11.4 Å². The second-order valence-electron chi connectivity index (χ2n) is 19.0. The Morgan fingerprint density at radius 2 is 1.06 bits per heavy atom. The van der Waals surface area contributed by atoms with Crippen LogP contribution in [0.2, 0.25) is 0 Å². The number of unbranched alkanes of at least 4 members (excludes halogenated alkanes) is 4. The predicted octanol–water partition coefficient (Wildman–Crippen LogP) is -2.64. The van der Waals surface area contributed by atoms with Crippen LogP contribution in [0.1, 0.15) is 109 Å². The minimum absolute atomic E-state index is 0. The summed E-state index contributed by atoms with van der Waals surface area (Å²) in [4.78, 5) is 14.4. The summed E-state index contributed by atoms with van der Waals surface area (Å²) in [6, 6.07) is 38.3. The molecule has 2 unspecified atom stereocenters. The average molecular weight is 1330 g/mol. The predicted molar refractivity (Wildman–Crippen MR) is 308 cm³/mol. The fraction of sp³-hybridized carbons (Fsp3) is 0.379. The average Bonchev–Trinajstić information content (AvgIpc) is 3.84. The molecular formula is C58H70K4N4O14S4+2. The topological polar surface area (TPSA) is 274 Å². The third-order valence-electron chi connectivity index (χ3n) is 13.6. The maximum absolute atomic E-state index is 10.9. The number of nitrogens with zero attached hydrogens (tertiary/aromatic N) is 3. The molecule has 0 aromatic heterocycles. The summed E-state index contributed by atoms with van der Waals surface area (Å²) in [5.74, 6) is -0.589. The third kappa shape index (κ3) is 33.7. The first-order valence-electron chi connectivity index (χ1n) is 25.8. The van der Waals surface area contributed by atoms with Gasteiger partial charge in [0.05, 0.1) is 38.9 Å². The van der Waals surface area contributed by atoms with E-state index in [0.717, 1.165) is 69.4 Å². The minimum atomic E-state index is -4.15. The quantitative estimate of drug-likeness (QED) is 0.0110. The number of benzene rings is 4. The van der Waals surface area contributed by atoms with Crippen molar-refractivity contribution >= 4 is 88.4 Å². The van der Waals surface area contributed by atoms with Crippen molar-refractivity contribution in [2.75, 3.05) is 36.5 Å². The van der Waals surface area contributed by atoms with E-state index in [1.807, 2.05) is 97.1 Å². The van der Waals surface area contributed by atoms with Crippen LogP contribution in [-0.4, -0.2) is 116 Å². The van der Waals surface area contributed by atoms with E-state index in [4.69, 9.17) is 30.0 Å². The van der Waals surface area contributed by atoms with E-state index < -0.39 is 41.5 Å². The van der Waals surface area contributed by atoms with E-state index in [-0.39, 0.29) is 228 Å². The van der Waals surface area contributed by atoms with Crippen molar-refractivity contribution in [3.05, 3.63) is 168 Å². The first-order chi connectivity index (χ1) is 38.0. The number of para-hydroxylation sites is 2. The number of rotatable bonds is 24. The molecule has 7 rings (SSSR count). The van der Waals surface area contributed by atoms with Gasteiger partial charge in [0, 0.05) is 54.7 Å². The van der Waals surface area contributed by atoms with Crippen LogP contribution < -0.4 is 211 Å². The van der Waals surface area contributed by atoms with Crippen LogP contribution >= 0.6 is 0 Å². The molecule has 2 heterocycles. The molecule has 2 atom stereocenters. The van der Waals surface area contributed by atoms with E-state index >= 15 is 0 Å². The summed E-state index contributed by atoms with van der Waals surface area (Å²) in [7, 11) is -14.5. The molecule has 4 aromatic carbocycles. The smallest absolute Gasteiger partial charge is 0.748 e. The molecule has 1 N–H and O–H groups in total. The molecule has 4 aromatic rings. The summed E-state index contributed by atoms with van der Waals surface area (Å²) in [6.45, 7) is 11.4. The number of anilines is 1. The van der Waals surface area contributed by atoms with E-state index in [1.54, 1.807) is 6.34 Å². The number of carbonyl (C=O) groups is 1. The first-order valence-corrected chi connectivity index (χ1v) is 31.0. The SMILES string of the molecule is C(=Nc1ccccc1)Nc1ccccc1.CC1=[N+](CCCC2=C/C=C\C=C/C=C2)c2cc[c-]cc2C1(C)CCCCS(=O)(=O)[O-].CC1=[N+](CCCCCOC=O)c2cc[c-]cc2C1(C)CCCCS(=O)(=O)[O-].O=S(=O)=O.O=S(=O)=O.[K+].[K+].[K+].[K+]. The van der Waals surface area contributed by atoms with Gasteiger partial charge in [-0.05, 0) is 74.8 Å². The van der Waals surface area contributed by atoms with Gasteiger partial charge in [0.25, 0.3) is 6.47 Å². The zero-order valence-electron chi connectivity index (χ0n) is 49.4. The van der Waals surface area contributed by atoms with Crippen LogP contribution in [-0.2, 0) is 61.8 Å². The number of allylic oxidation sites excluding steroid dienone is 8. The molecule has 0 bridgehead atoms. The molecule has 2 aliphatic heterocycles. The van der Waals surface area contributed by atoms with Crippen molar-refractivity contribution in [1.29, 1.82) is 0 Å². The van der Waals surface area contributed by atoms with E-state index in [9.17, 15) is 30.7 Å². The molecule has 0 spiro atoms. The van der Waals surface area contributed by atoms with Crippen LogP contribution in [0, 0.1) is 12.1 Å². The zero-order chi connectivity index (χ0) is 59.0. The molecule has 0 radical (unpaired) electrons. The second kappa shape index (κ2) is 46.7. The van der Waals surface area contributed by atoms with Crippen molar-refractivity contribution in [3.8, 4) is 0 Å². The zero-order valence-corrected chi connectivity index (χ0v) is 65.2. The third-order valence-corrected chi connectivity index (χ3v) is 15.2. The van der Waals surface area contributed by atoms with E-state index in [0.29, 0.717) is 38.8 Å². The molecule has 0 saturated heterocycles. The number of fused-ring (bicyclic) bond motifs is 2. The molecule has 0 amide bonds. The van der Waals surface area contributed by atoms with Gasteiger partial charge >= 0.3 is 227 Å². The van der Waals surface area contributed by atoms with E-state index in [2.05, 4.69) is 102 Å². The number of hydrogen-bond acceptors (Lipinski definition) is 15. The minimum Gasteiger partial charge on any atom is -0.748 e. The Labute approximate surface area is 670 Å². The molecule has 84 heavy (non-hydrogen) atoms. The van der Waals surface area contributed by atoms with Crippen LogP contribution in [0.15, 0.2) is 150 Å². The molecule has 0 saturated carbocycles. The molecular weight excluding hydrogens is 1260 g/mol.